The van der Waals surface area contributed by atoms with Crippen LogP contribution in [0.15, 0.2) is 42.0 Å². The summed E-state index contributed by atoms with van der Waals surface area (Å²) in [6.45, 7) is 3.15. The van der Waals surface area contributed by atoms with E-state index in [2.05, 4.69) is 10.6 Å². The van der Waals surface area contributed by atoms with Crippen molar-refractivity contribution in [1.29, 1.82) is 0 Å². The molecule has 2 heterocycles. The van der Waals surface area contributed by atoms with Crippen molar-refractivity contribution in [2.24, 2.45) is 0 Å². The van der Waals surface area contributed by atoms with E-state index in [0.717, 1.165) is 66.1 Å². The number of aliphatic hydroxyl groups is 1. The Balaban J connectivity index is 1.48. The van der Waals surface area contributed by atoms with Gasteiger partial charge in [0.25, 0.3) is 0 Å². The molecule has 2 atom stereocenters. The molecule has 1 aliphatic carbocycles. The van der Waals surface area contributed by atoms with Crippen LogP contribution in [0.5, 0.6) is 0 Å². The molecule has 32 heavy (non-hydrogen) atoms. The second-order valence-electron chi connectivity index (χ2n) is 8.46. The molecule has 0 spiro atoms. The highest BCUT2D eigenvalue weighted by atomic mass is 35.5. The Hall–Kier alpha value is -1.99. The number of aliphatic hydroxyl groups excluding tert-OH is 1. The van der Waals surface area contributed by atoms with E-state index >= 15 is 0 Å². The molecule has 1 aromatic carbocycles. The summed E-state index contributed by atoms with van der Waals surface area (Å²) in [5, 5.41) is 17.7. The van der Waals surface area contributed by atoms with Gasteiger partial charge in [-0.3, -0.25) is 4.79 Å². The zero-order chi connectivity index (χ0) is 22.5. The SMILES string of the molecule is Cc1nc(C(NC(=O)C2=CC=C(c3ccc(Cl)cc3)C2)C2CCCCN2)sc1CCCO. The number of thiazole rings is 1. The zero-order valence-electron chi connectivity index (χ0n) is 18.4. The molecule has 0 saturated carbocycles. The summed E-state index contributed by atoms with van der Waals surface area (Å²) in [5.74, 6) is -0.0349. The number of nitrogens with zero attached hydrogens (tertiary/aromatic N) is 1. The van der Waals surface area contributed by atoms with Crippen LogP contribution in [0.1, 0.15) is 59.3 Å². The molecule has 2 aromatic rings. The minimum absolute atomic E-state index is 0.0349. The van der Waals surface area contributed by atoms with Crippen molar-refractivity contribution in [2.45, 2.75) is 57.5 Å². The highest BCUT2D eigenvalue weighted by Crippen LogP contribution is 2.32. The molecule has 1 saturated heterocycles. The number of rotatable bonds is 8. The highest BCUT2D eigenvalue weighted by Gasteiger charge is 2.30. The molecular weight excluding hydrogens is 442 g/mol. The van der Waals surface area contributed by atoms with E-state index in [1.807, 2.05) is 43.3 Å². The maximum absolute atomic E-state index is 13.2. The molecule has 3 N–H and O–H groups in total. The number of aromatic nitrogens is 1. The van der Waals surface area contributed by atoms with Crippen molar-refractivity contribution in [3.8, 4) is 0 Å². The Kier molecular flexibility index (Phi) is 7.79. The minimum Gasteiger partial charge on any atom is -0.396 e. The number of carbonyl (C=O) groups excluding carboxylic acids is 1. The smallest absolute Gasteiger partial charge is 0.248 e. The van der Waals surface area contributed by atoms with Crippen molar-refractivity contribution in [1.82, 2.24) is 15.6 Å². The lowest BCUT2D eigenvalue weighted by Crippen LogP contribution is -2.46. The summed E-state index contributed by atoms with van der Waals surface area (Å²) >= 11 is 7.67. The summed E-state index contributed by atoms with van der Waals surface area (Å²) < 4.78 is 0. The first kappa shape index (κ1) is 23.2. The van der Waals surface area contributed by atoms with E-state index in [1.165, 1.54) is 4.88 Å². The van der Waals surface area contributed by atoms with Gasteiger partial charge in [0.2, 0.25) is 5.91 Å². The van der Waals surface area contributed by atoms with Gasteiger partial charge in [0.1, 0.15) is 5.01 Å². The maximum atomic E-state index is 13.2. The van der Waals surface area contributed by atoms with E-state index in [4.69, 9.17) is 16.6 Å². The summed E-state index contributed by atoms with van der Waals surface area (Å²) in [7, 11) is 0. The number of piperidine rings is 1. The molecule has 2 unspecified atom stereocenters. The molecule has 1 aromatic heterocycles. The number of hydrogen-bond donors (Lipinski definition) is 3. The normalized spacial score (nSPS) is 19.4. The third kappa shape index (κ3) is 5.49. The Labute approximate surface area is 198 Å². The molecule has 0 bridgehead atoms. The quantitative estimate of drug-likeness (QED) is 0.519. The Morgan fingerprint density at radius 2 is 2.12 bits per heavy atom. The number of allylic oxidation sites excluding steroid dienone is 3. The second kappa shape index (κ2) is 10.8. The summed E-state index contributed by atoms with van der Waals surface area (Å²) in [4.78, 5) is 19.3. The van der Waals surface area contributed by atoms with Crippen LogP contribution >= 0.6 is 22.9 Å². The molecule has 5 nitrogen and oxygen atoms in total. The first-order chi connectivity index (χ1) is 15.5. The standard InChI is InChI=1S/C25H30ClN3O2S/c1-16-22(6-4-14-30)32-25(28-16)23(21-5-2-3-13-27-21)29-24(31)19-8-7-18(15-19)17-9-11-20(26)12-10-17/h7-12,21,23,27,30H,2-6,13-15H2,1H3,(H,29,31). The van der Waals surface area contributed by atoms with Crippen molar-refractivity contribution in [3.05, 3.63) is 68.2 Å². The van der Waals surface area contributed by atoms with Crippen molar-refractivity contribution in [2.75, 3.05) is 13.2 Å². The lowest BCUT2D eigenvalue weighted by Gasteiger charge is -2.31. The Bertz CT molecular complexity index is 1010. The highest BCUT2D eigenvalue weighted by molar-refractivity contribution is 7.11. The molecule has 1 amide bonds. The molecule has 1 fully saturated rings. The van der Waals surface area contributed by atoms with Crippen molar-refractivity contribution in [3.63, 3.8) is 0 Å². The van der Waals surface area contributed by atoms with E-state index in [9.17, 15) is 9.90 Å². The number of nitrogens with one attached hydrogen (secondary N) is 2. The van der Waals surface area contributed by atoms with E-state index in [-0.39, 0.29) is 24.6 Å². The summed E-state index contributed by atoms with van der Waals surface area (Å²) in [6.07, 6.45) is 9.42. The number of halogens is 1. The van der Waals surface area contributed by atoms with Crippen LogP contribution in [-0.4, -0.2) is 35.2 Å². The van der Waals surface area contributed by atoms with Crippen molar-refractivity contribution >= 4 is 34.4 Å². The van der Waals surface area contributed by atoms with Crippen LogP contribution in [0.25, 0.3) is 5.57 Å². The Morgan fingerprint density at radius 1 is 1.31 bits per heavy atom. The van der Waals surface area contributed by atoms with E-state index in [0.29, 0.717) is 11.4 Å². The van der Waals surface area contributed by atoms with Gasteiger partial charge in [-0.05, 0) is 62.4 Å². The molecular formula is C25H30ClN3O2S. The molecule has 4 rings (SSSR count). The molecule has 0 radical (unpaired) electrons. The first-order valence-corrected chi connectivity index (χ1v) is 12.5. The van der Waals surface area contributed by atoms with Gasteiger partial charge in [0.05, 0.1) is 11.7 Å². The van der Waals surface area contributed by atoms with Gasteiger partial charge in [-0.1, -0.05) is 42.3 Å². The lowest BCUT2D eigenvalue weighted by atomic mass is 9.97. The van der Waals surface area contributed by atoms with Gasteiger partial charge in [-0.15, -0.1) is 11.3 Å². The van der Waals surface area contributed by atoms with Gasteiger partial charge in [-0.25, -0.2) is 4.98 Å². The average Bonchev–Trinajstić information content (AvgIpc) is 3.44. The minimum atomic E-state index is -0.158. The topological polar surface area (TPSA) is 74.2 Å². The summed E-state index contributed by atoms with van der Waals surface area (Å²) in [5.41, 5.74) is 3.98. The molecule has 7 heteroatoms. The molecule has 2 aliphatic rings. The zero-order valence-corrected chi connectivity index (χ0v) is 19.9. The predicted molar refractivity (Wildman–Crippen MR) is 131 cm³/mol. The Morgan fingerprint density at radius 3 is 2.84 bits per heavy atom. The predicted octanol–water partition coefficient (Wildman–Crippen LogP) is 4.74. The largest absolute Gasteiger partial charge is 0.396 e. The first-order valence-electron chi connectivity index (χ1n) is 11.3. The number of benzene rings is 1. The third-order valence-electron chi connectivity index (χ3n) is 6.15. The fraction of sp³-hybridized carbons (Fsp3) is 0.440. The van der Waals surface area contributed by atoms with Crippen LogP contribution in [0, 0.1) is 6.92 Å². The monoisotopic (exact) mass is 471 g/mol. The number of hydrogen-bond acceptors (Lipinski definition) is 5. The fourth-order valence-corrected chi connectivity index (χ4v) is 5.68. The van der Waals surface area contributed by atoms with Crippen LogP contribution < -0.4 is 10.6 Å². The fourth-order valence-electron chi connectivity index (χ4n) is 4.33. The molecule has 1 aliphatic heterocycles. The van der Waals surface area contributed by atoms with Gasteiger partial charge in [0, 0.05) is 34.5 Å². The van der Waals surface area contributed by atoms with Gasteiger partial charge >= 0.3 is 0 Å². The van der Waals surface area contributed by atoms with Crippen molar-refractivity contribution < 1.29 is 9.90 Å². The number of carbonyl (C=O) groups is 1. The number of amides is 1. The summed E-state index contributed by atoms with van der Waals surface area (Å²) in [6, 6.07) is 7.75. The second-order valence-corrected chi connectivity index (χ2v) is 10.0. The van der Waals surface area contributed by atoms with Crippen LogP contribution in [0.4, 0.5) is 0 Å². The van der Waals surface area contributed by atoms with Gasteiger partial charge < -0.3 is 15.7 Å². The van der Waals surface area contributed by atoms with Gasteiger partial charge in [0.15, 0.2) is 0 Å². The van der Waals surface area contributed by atoms with Crippen LogP contribution in [0.2, 0.25) is 5.02 Å². The maximum Gasteiger partial charge on any atom is 0.248 e. The van der Waals surface area contributed by atoms with E-state index in [1.54, 1.807) is 11.3 Å². The third-order valence-corrected chi connectivity index (χ3v) is 7.70. The number of aryl methyl sites for hydroxylation is 2. The lowest BCUT2D eigenvalue weighted by molar-refractivity contribution is -0.118. The average molecular weight is 472 g/mol. The van der Waals surface area contributed by atoms with Gasteiger partial charge in [-0.2, -0.15) is 0 Å². The van der Waals surface area contributed by atoms with E-state index < -0.39 is 0 Å². The van der Waals surface area contributed by atoms with Crippen LogP contribution in [0.3, 0.4) is 0 Å². The van der Waals surface area contributed by atoms with Crippen LogP contribution in [-0.2, 0) is 11.2 Å². The molecule has 170 valence electrons.